The number of aldehydes is 1. The zero-order valence-corrected chi connectivity index (χ0v) is 9.25. The lowest BCUT2D eigenvalue weighted by Crippen LogP contribution is -2.08. The van der Waals surface area contributed by atoms with Crippen molar-refractivity contribution in [1.29, 1.82) is 5.26 Å². The molecule has 0 spiro atoms. The molecule has 1 aromatic rings. The number of hydrogen-bond acceptors (Lipinski definition) is 4. The van der Waals surface area contributed by atoms with Gasteiger partial charge in [-0.2, -0.15) is 5.26 Å². The summed E-state index contributed by atoms with van der Waals surface area (Å²) in [4.78, 5) is 22.1. The van der Waals surface area contributed by atoms with E-state index in [1.54, 1.807) is 6.92 Å². The van der Waals surface area contributed by atoms with Gasteiger partial charge < -0.3 is 4.74 Å². The van der Waals surface area contributed by atoms with Gasteiger partial charge in [0, 0.05) is 5.56 Å². The number of carbonyl (C=O) groups is 2. The van der Waals surface area contributed by atoms with Crippen LogP contribution in [0.1, 0.15) is 33.2 Å². The molecule has 0 bridgehead atoms. The molecule has 0 aliphatic rings. The SMILES string of the molecule is CCOC(=O)c1cc(C=O)c(Cl)cc1C#N. The van der Waals surface area contributed by atoms with Crippen LogP contribution in [-0.4, -0.2) is 18.9 Å². The Hall–Kier alpha value is -1.86. The van der Waals surface area contributed by atoms with E-state index in [9.17, 15) is 9.59 Å². The molecule has 0 aliphatic carbocycles. The predicted octanol–water partition coefficient (Wildman–Crippen LogP) is 2.20. The van der Waals surface area contributed by atoms with Crippen molar-refractivity contribution >= 4 is 23.9 Å². The molecular formula is C11H8ClNO3. The van der Waals surface area contributed by atoms with Gasteiger partial charge in [-0.15, -0.1) is 0 Å². The van der Waals surface area contributed by atoms with Gasteiger partial charge in [0.2, 0.25) is 0 Å². The van der Waals surface area contributed by atoms with Crippen molar-refractivity contribution in [2.24, 2.45) is 0 Å². The highest BCUT2D eigenvalue weighted by Gasteiger charge is 2.15. The van der Waals surface area contributed by atoms with Gasteiger partial charge in [-0.05, 0) is 19.1 Å². The Labute approximate surface area is 97.4 Å². The minimum absolute atomic E-state index is 0.0517. The summed E-state index contributed by atoms with van der Waals surface area (Å²) in [5.41, 5.74) is 0.300. The van der Waals surface area contributed by atoms with Gasteiger partial charge in [-0.25, -0.2) is 4.79 Å². The molecule has 0 unspecified atom stereocenters. The second-order valence-electron chi connectivity index (χ2n) is 2.87. The summed E-state index contributed by atoms with van der Waals surface area (Å²) in [6.07, 6.45) is 0.520. The quantitative estimate of drug-likeness (QED) is 0.597. The Balaban J connectivity index is 3.31. The highest BCUT2D eigenvalue weighted by Crippen LogP contribution is 2.20. The number of nitrogens with zero attached hydrogens (tertiary/aromatic N) is 1. The van der Waals surface area contributed by atoms with Gasteiger partial charge in [0.15, 0.2) is 6.29 Å². The van der Waals surface area contributed by atoms with Crippen LogP contribution >= 0.6 is 11.6 Å². The molecule has 4 nitrogen and oxygen atoms in total. The number of esters is 1. The Kier molecular flexibility index (Phi) is 4.03. The fourth-order valence-corrected chi connectivity index (χ4v) is 1.36. The molecule has 5 heteroatoms. The minimum atomic E-state index is -0.640. The van der Waals surface area contributed by atoms with Crippen LogP contribution in [0.2, 0.25) is 5.02 Å². The van der Waals surface area contributed by atoms with Crippen LogP contribution in [0.3, 0.4) is 0 Å². The molecule has 0 aliphatic heterocycles. The third-order valence-corrected chi connectivity index (χ3v) is 2.21. The molecule has 1 aromatic carbocycles. The van der Waals surface area contributed by atoms with Crippen molar-refractivity contribution < 1.29 is 14.3 Å². The molecular weight excluding hydrogens is 230 g/mol. The van der Waals surface area contributed by atoms with Gasteiger partial charge in [0.05, 0.1) is 22.8 Å². The Morgan fingerprint density at radius 3 is 2.81 bits per heavy atom. The van der Waals surface area contributed by atoms with E-state index in [2.05, 4.69) is 0 Å². The van der Waals surface area contributed by atoms with Crippen LogP contribution < -0.4 is 0 Å². The first-order chi connectivity index (χ1) is 7.63. The lowest BCUT2D eigenvalue weighted by molar-refractivity contribution is 0.0526. The van der Waals surface area contributed by atoms with Crippen LogP contribution in [0.15, 0.2) is 12.1 Å². The molecule has 0 atom stereocenters. The second kappa shape index (κ2) is 5.29. The summed E-state index contributed by atoms with van der Waals surface area (Å²) in [6, 6.07) is 4.36. The number of halogens is 1. The fraction of sp³-hybridized carbons (Fsp3) is 0.182. The first-order valence-corrected chi connectivity index (χ1v) is 4.87. The summed E-state index contributed by atoms with van der Waals surface area (Å²) in [5, 5.41) is 8.96. The molecule has 0 N–H and O–H groups in total. The van der Waals surface area contributed by atoms with Crippen molar-refractivity contribution in [3.05, 3.63) is 33.8 Å². The summed E-state index contributed by atoms with van der Waals surface area (Å²) in [5.74, 6) is -0.640. The van der Waals surface area contributed by atoms with E-state index in [4.69, 9.17) is 21.6 Å². The standard InChI is InChI=1S/C11H8ClNO3/c1-2-16-11(15)9-3-8(6-14)10(12)4-7(9)5-13/h3-4,6H,2H2,1H3. The largest absolute Gasteiger partial charge is 0.462 e. The predicted molar refractivity (Wildman–Crippen MR) is 57.5 cm³/mol. The van der Waals surface area contributed by atoms with E-state index >= 15 is 0 Å². The van der Waals surface area contributed by atoms with Crippen LogP contribution in [-0.2, 0) is 4.74 Å². The summed E-state index contributed by atoms with van der Waals surface area (Å²) >= 11 is 5.73. The topological polar surface area (TPSA) is 67.2 Å². The van der Waals surface area contributed by atoms with Gasteiger partial charge in [0.1, 0.15) is 6.07 Å². The monoisotopic (exact) mass is 237 g/mol. The normalized spacial score (nSPS) is 9.31. The molecule has 0 radical (unpaired) electrons. The molecule has 16 heavy (non-hydrogen) atoms. The van der Waals surface area contributed by atoms with Gasteiger partial charge in [-0.1, -0.05) is 11.6 Å². The average Bonchev–Trinajstić information content (AvgIpc) is 2.28. The first-order valence-electron chi connectivity index (χ1n) is 4.50. The van der Waals surface area contributed by atoms with Gasteiger partial charge >= 0.3 is 5.97 Å². The summed E-state index contributed by atoms with van der Waals surface area (Å²) in [6.45, 7) is 1.85. The van der Waals surface area contributed by atoms with Crippen molar-refractivity contribution in [1.82, 2.24) is 0 Å². The van der Waals surface area contributed by atoms with E-state index in [1.807, 2.05) is 6.07 Å². The summed E-state index contributed by atoms with van der Waals surface area (Å²) in [7, 11) is 0. The van der Waals surface area contributed by atoms with Crippen LogP contribution in [0.25, 0.3) is 0 Å². The van der Waals surface area contributed by atoms with E-state index in [0.29, 0.717) is 6.29 Å². The van der Waals surface area contributed by atoms with Crippen LogP contribution in [0.5, 0.6) is 0 Å². The minimum Gasteiger partial charge on any atom is -0.462 e. The van der Waals surface area contributed by atoms with Crippen molar-refractivity contribution in [3.8, 4) is 6.07 Å². The molecule has 0 aromatic heterocycles. The van der Waals surface area contributed by atoms with Crippen molar-refractivity contribution in [2.75, 3.05) is 6.61 Å². The fourth-order valence-electron chi connectivity index (χ4n) is 1.15. The lowest BCUT2D eigenvalue weighted by Gasteiger charge is -2.05. The van der Waals surface area contributed by atoms with Crippen LogP contribution in [0.4, 0.5) is 0 Å². The highest BCUT2D eigenvalue weighted by molar-refractivity contribution is 6.33. The Morgan fingerprint density at radius 1 is 1.62 bits per heavy atom. The first kappa shape index (κ1) is 12.2. The zero-order valence-electron chi connectivity index (χ0n) is 8.49. The van der Waals surface area contributed by atoms with Crippen LogP contribution in [0, 0.1) is 11.3 Å². The molecule has 0 saturated carbocycles. The number of hydrogen-bond donors (Lipinski definition) is 0. The summed E-state index contributed by atoms with van der Waals surface area (Å²) < 4.78 is 4.76. The molecule has 0 fully saturated rings. The van der Waals surface area contributed by atoms with E-state index < -0.39 is 5.97 Å². The zero-order chi connectivity index (χ0) is 12.1. The molecule has 0 heterocycles. The smallest absolute Gasteiger partial charge is 0.339 e. The molecule has 0 saturated heterocycles. The maximum absolute atomic E-state index is 11.5. The van der Waals surface area contributed by atoms with E-state index in [1.165, 1.54) is 12.1 Å². The molecule has 1 rings (SSSR count). The third-order valence-electron chi connectivity index (χ3n) is 1.88. The maximum atomic E-state index is 11.5. The van der Waals surface area contributed by atoms with Gasteiger partial charge in [-0.3, -0.25) is 4.79 Å². The lowest BCUT2D eigenvalue weighted by atomic mass is 10.1. The maximum Gasteiger partial charge on any atom is 0.339 e. The number of ether oxygens (including phenoxy) is 1. The Morgan fingerprint density at radius 2 is 2.31 bits per heavy atom. The average molecular weight is 238 g/mol. The van der Waals surface area contributed by atoms with Gasteiger partial charge in [0.25, 0.3) is 0 Å². The van der Waals surface area contributed by atoms with Crippen molar-refractivity contribution in [2.45, 2.75) is 6.92 Å². The number of nitriles is 1. The molecule has 82 valence electrons. The Bertz CT molecular complexity index is 477. The molecule has 0 amide bonds. The highest BCUT2D eigenvalue weighted by atomic mass is 35.5. The second-order valence-corrected chi connectivity index (χ2v) is 3.28. The van der Waals surface area contributed by atoms with Crippen molar-refractivity contribution in [3.63, 3.8) is 0 Å². The number of rotatable bonds is 3. The number of carbonyl (C=O) groups excluding carboxylic acids is 2. The van der Waals surface area contributed by atoms with E-state index in [0.717, 1.165) is 0 Å². The van der Waals surface area contributed by atoms with E-state index in [-0.39, 0.29) is 28.3 Å². The third kappa shape index (κ3) is 2.38. The number of benzene rings is 1.